The molecule has 0 radical (unpaired) electrons. The van der Waals surface area contributed by atoms with Gasteiger partial charge in [0.1, 0.15) is 0 Å². The topological polar surface area (TPSA) is 6.48 Å². The largest absolute Gasteiger partial charge is 0.321 e. The molecule has 0 atom stereocenters. The number of hydrogen-bond donors (Lipinski definition) is 0. The van der Waals surface area contributed by atoms with E-state index in [1.807, 2.05) is 66.5 Å². The van der Waals surface area contributed by atoms with Crippen molar-refractivity contribution in [1.82, 2.24) is 0 Å². The summed E-state index contributed by atoms with van der Waals surface area (Å²) in [4.78, 5) is 4.11. The van der Waals surface area contributed by atoms with Crippen LogP contribution in [0.1, 0.15) is 0 Å². The minimum atomic E-state index is 0.730. The molecule has 0 aliphatic heterocycles. The molecule has 0 N–H and O–H groups in total. The molecule has 0 saturated heterocycles. The van der Waals surface area contributed by atoms with Gasteiger partial charge in [-0.1, -0.05) is 54.6 Å². The molecule has 0 spiro atoms. The first-order valence-electron chi connectivity index (χ1n) is 7.50. The third-order valence-electron chi connectivity index (χ3n) is 3.65. The quantitative estimate of drug-likeness (QED) is 0.609. The Bertz CT molecular complexity index is 718. The maximum absolute atomic E-state index is 5.80. The van der Waals surface area contributed by atoms with Crippen LogP contribution in [0, 0.1) is 0 Å². The van der Waals surface area contributed by atoms with Gasteiger partial charge >= 0.3 is 0 Å². The van der Waals surface area contributed by atoms with E-state index < -0.39 is 0 Å². The minimum absolute atomic E-state index is 0.730. The minimum Gasteiger partial charge on any atom is -0.321 e. The summed E-state index contributed by atoms with van der Waals surface area (Å²) in [5.74, 6) is 0. The fourth-order valence-electron chi connectivity index (χ4n) is 2.44. The predicted molar refractivity (Wildman–Crippen MR) is 102 cm³/mol. The van der Waals surface area contributed by atoms with Crippen molar-refractivity contribution < 1.29 is 0 Å². The van der Waals surface area contributed by atoms with Crippen LogP contribution in [0.5, 0.6) is 0 Å². The van der Waals surface area contributed by atoms with E-state index in [1.165, 1.54) is 0 Å². The van der Waals surface area contributed by atoms with Crippen LogP contribution in [0.4, 0.5) is 17.1 Å². The van der Waals surface area contributed by atoms with Crippen LogP contribution in [0.25, 0.3) is 0 Å². The van der Waals surface area contributed by atoms with E-state index in [4.69, 9.17) is 12.2 Å². The molecule has 0 aliphatic carbocycles. The molecule has 0 aliphatic rings. The van der Waals surface area contributed by atoms with Crippen LogP contribution in [-0.2, 0) is 0 Å². The molecule has 0 heterocycles. The van der Waals surface area contributed by atoms with Crippen LogP contribution in [0.2, 0.25) is 0 Å². The van der Waals surface area contributed by atoms with Gasteiger partial charge in [-0.05, 0) is 48.6 Å². The van der Waals surface area contributed by atoms with Crippen LogP contribution in [0.3, 0.4) is 0 Å². The monoisotopic (exact) mass is 318 g/mol. The van der Waals surface area contributed by atoms with Gasteiger partial charge in [0.2, 0.25) is 0 Å². The number of hydrogen-bond acceptors (Lipinski definition) is 1. The number of benzene rings is 3. The van der Waals surface area contributed by atoms with Crippen molar-refractivity contribution >= 4 is 34.4 Å². The lowest BCUT2D eigenvalue weighted by molar-refractivity contribution is 1.22. The van der Waals surface area contributed by atoms with E-state index in [1.54, 1.807) is 0 Å². The maximum atomic E-state index is 5.80. The molecule has 3 rings (SSSR count). The van der Waals surface area contributed by atoms with Crippen molar-refractivity contribution in [2.75, 3.05) is 16.8 Å². The van der Waals surface area contributed by atoms with Gasteiger partial charge in [0.15, 0.2) is 5.11 Å². The molecule has 2 nitrogen and oxygen atoms in total. The van der Waals surface area contributed by atoms with E-state index in [2.05, 4.69) is 41.3 Å². The summed E-state index contributed by atoms with van der Waals surface area (Å²) >= 11 is 5.80. The molecule has 0 unspecified atom stereocenters. The second-order valence-electron chi connectivity index (χ2n) is 5.18. The SMILES string of the molecule is CN(C(=S)N(c1ccccc1)c1ccccc1)c1ccccc1. The average Bonchev–Trinajstić information content (AvgIpc) is 2.64. The van der Waals surface area contributed by atoms with Crippen LogP contribution >= 0.6 is 12.2 Å². The zero-order valence-corrected chi connectivity index (χ0v) is 13.8. The number of para-hydroxylation sites is 3. The Hall–Kier alpha value is -2.65. The van der Waals surface area contributed by atoms with Gasteiger partial charge in [-0.15, -0.1) is 0 Å². The Kier molecular flexibility index (Phi) is 4.69. The zero-order chi connectivity index (χ0) is 16.1. The second-order valence-corrected chi connectivity index (χ2v) is 5.55. The lowest BCUT2D eigenvalue weighted by Gasteiger charge is -2.31. The standard InChI is InChI=1S/C20H18N2S/c1-21(17-11-5-2-6-12-17)20(23)22(18-13-7-3-8-14-18)19-15-9-4-10-16-19/h2-16H,1H3. The third kappa shape index (κ3) is 3.41. The molecule has 114 valence electrons. The highest BCUT2D eigenvalue weighted by molar-refractivity contribution is 7.80. The summed E-state index contributed by atoms with van der Waals surface area (Å²) < 4.78 is 0. The number of rotatable bonds is 3. The van der Waals surface area contributed by atoms with Crippen LogP contribution < -0.4 is 9.80 Å². The first-order valence-corrected chi connectivity index (χ1v) is 7.91. The Labute approximate surface area is 142 Å². The summed E-state index contributed by atoms with van der Waals surface area (Å²) in [6.07, 6.45) is 0. The molecular formula is C20H18N2S. The molecule has 0 amide bonds. The van der Waals surface area contributed by atoms with E-state index in [0.717, 1.165) is 22.2 Å². The highest BCUT2D eigenvalue weighted by atomic mass is 32.1. The summed E-state index contributed by atoms with van der Waals surface area (Å²) in [5, 5.41) is 0.730. The molecule has 3 heteroatoms. The predicted octanol–water partition coefficient (Wildman–Crippen LogP) is 5.25. The Morgan fingerprint density at radius 3 is 1.35 bits per heavy atom. The van der Waals surface area contributed by atoms with Crippen molar-refractivity contribution in [2.24, 2.45) is 0 Å². The number of thiocarbonyl (C=S) groups is 1. The Morgan fingerprint density at radius 2 is 0.957 bits per heavy atom. The van der Waals surface area contributed by atoms with Gasteiger partial charge in [-0.2, -0.15) is 0 Å². The first-order chi connectivity index (χ1) is 11.3. The lowest BCUT2D eigenvalue weighted by atomic mass is 10.2. The fourth-order valence-corrected chi connectivity index (χ4v) is 2.75. The first kappa shape index (κ1) is 15.3. The summed E-state index contributed by atoms with van der Waals surface area (Å²) in [7, 11) is 2.00. The van der Waals surface area contributed by atoms with E-state index in [-0.39, 0.29) is 0 Å². The molecule has 3 aromatic rings. The van der Waals surface area contributed by atoms with Crippen molar-refractivity contribution in [3.8, 4) is 0 Å². The highest BCUT2D eigenvalue weighted by Gasteiger charge is 2.18. The van der Waals surface area contributed by atoms with E-state index in [0.29, 0.717) is 0 Å². The Morgan fingerprint density at radius 1 is 0.609 bits per heavy atom. The van der Waals surface area contributed by atoms with Gasteiger partial charge in [0, 0.05) is 24.1 Å². The van der Waals surface area contributed by atoms with E-state index in [9.17, 15) is 0 Å². The molecular weight excluding hydrogens is 300 g/mol. The van der Waals surface area contributed by atoms with Gasteiger partial charge in [0.25, 0.3) is 0 Å². The third-order valence-corrected chi connectivity index (χ3v) is 4.11. The van der Waals surface area contributed by atoms with Gasteiger partial charge in [-0.3, -0.25) is 4.90 Å². The number of nitrogens with zero attached hydrogens (tertiary/aromatic N) is 2. The zero-order valence-electron chi connectivity index (χ0n) is 13.0. The smallest absolute Gasteiger partial charge is 0.185 e. The molecule has 0 aromatic heterocycles. The van der Waals surface area contributed by atoms with Crippen LogP contribution in [-0.4, -0.2) is 12.2 Å². The number of anilines is 3. The van der Waals surface area contributed by atoms with Gasteiger partial charge in [0.05, 0.1) is 0 Å². The van der Waals surface area contributed by atoms with Gasteiger partial charge in [-0.25, -0.2) is 0 Å². The van der Waals surface area contributed by atoms with E-state index >= 15 is 0 Å². The van der Waals surface area contributed by atoms with Crippen molar-refractivity contribution in [3.63, 3.8) is 0 Å². The fraction of sp³-hybridized carbons (Fsp3) is 0.0500. The molecule has 0 fully saturated rings. The van der Waals surface area contributed by atoms with Crippen molar-refractivity contribution in [2.45, 2.75) is 0 Å². The molecule has 23 heavy (non-hydrogen) atoms. The Balaban J connectivity index is 2.00. The van der Waals surface area contributed by atoms with Crippen LogP contribution in [0.15, 0.2) is 91.0 Å². The molecule has 0 bridgehead atoms. The van der Waals surface area contributed by atoms with Crippen molar-refractivity contribution in [3.05, 3.63) is 91.0 Å². The molecule has 3 aromatic carbocycles. The highest BCUT2D eigenvalue weighted by Crippen LogP contribution is 2.27. The maximum Gasteiger partial charge on any atom is 0.185 e. The average molecular weight is 318 g/mol. The molecule has 0 saturated carbocycles. The van der Waals surface area contributed by atoms with Crippen molar-refractivity contribution in [1.29, 1.82) is 0 Å². The summed E-state index contributed by atoms with van der Waals surface area (Å²) in [5.41, 5.74) is 3.16. The summed E-state index contributed by atoms with van der Waals surface area (Å²) in [6.45, 7) is 0. The summed E-state index contributed by atoms with van der Waals surface area (Å²) in [6, 6.07) is 30.5. The normalized spacial score (nSPS) is 10.1. The van der Waals surface area contributed by atoms with Gasteiger partial charge < -0.3 is 4.90 Å². The lowest BCUT2D eigenvalue weighted by Crippen LogP contribution is -2.38. The second kappa shape index (κ2) is 7.07.